The van der Waals surface area contributed by atoms with Gasteiger partial charge >= 0.3 is 6.18 Å². The third-order valence-electron chi connectivity index (χ3n) is 5.47. The van der Waals surface area contributed by atoms with Crippen molar-refractivity contribution in [3.8, 4) is 17.2 Å². The zero-order valence-corrected chi connectivity index (χ0v) is 19.9. The molecule has 36 heavy (non-hydrogen) atoms. The molecule has 1 atom stereocenters. The summed E-state index contributed by atoms with van der Waals surface area (Å²) in [7, 11) is 2.85. The Kier molecular flexibility index (Phi) is 8.57. The van der Waals surface area contributed by atoms with E-state index in [0.29, 0.717) is 11.8 Å². The lowest BCUT2D eigenvalue weighted by Gasteiger charge is -2.32. The summed E-state index contributed by atoms with van der Waals surface area (Å²) >= 11 is 0. The highest BCUT2D eigenvalue weighted by Crippen LogP contribution is 2.40. The van der Waals surface area contributed by atoms with Gasteiger partial charge < -0.3 is 23.8 Å². The molecule has 0 saturated carbocycles. The number of methoxy groups -OCH3 is 2. The number of morpholine rings is 1. The van der Waals surface area contributed by atoms with Gasteiger partial charge in [-0.25, -0.2) is 4.39 Å². The summed E-state index contributed by atoms with van der Waals surface area (Å²) in [5.41, 5.74) is -1.22. The average molecular weight is 511 g/mol. The summed E-state index contributed by atoms with van der Waals surface area (Å²) in [6.45, 7) is 1.83. The predicted molar refractivity (Wildman–Crippen MR) is 122 cm³/mol. The van der Waals surface area contributed by atoms with Gasteiger partial charge in [0, 0.05) is 12.6 Å². The van der Waals surface area contributed by atoms with E-state index in [1.165, 1.54) is 26.0 Å². The molecule has 1 amide bonds. The Bertz CT molecular complexity index is 1150. The second kappa shape index (κ2) is 11.4. The van der Waals surface area contributed by atoms with Crippen LogP contribution in [0.5, 0.6) is 17.2 Å². The molecule has 1 aliphatic rings. The molecule has 1 saturated heterocycles. The smallest absolute Gasteiger partial charge is 0.417 e. The number of ketones is 1. The second-order valence-electron chi connectivity index (χ2n) is 7.88. The largest absolute Gasteiger partial charge is 0.493 e. The van der Waals surface area contributed by atoms with Crippen LogP contribution in [-0.4, -0.2) is 63.2 Å². The summed E-state index contributed by atoms with van der Waals surface area (Å²) in [5.74, 6) is -1.05. The van der Waals surface area contributed by atoms with Gasteiger partial charge in [-0.15, -0.1) is 0 Å². The van der Waals surface area contributed by atoms with Gasteiger partial charge in [-0.05, 0) is 42.8 Å². The molecule has 2 aromatic rings. The van der Waals surface area contributed by atoms with Gasteiger partial charge in [0.2, 0.25) is 11.7 Å². The van der Waals surface area contributed by atoms with Gasteiger partial charge in [0.15, 0.2) is 17.3 Å². The first-order valence-corrected chi connectivity index (χ1v) is 10.9. The SMILES string of the molecule is COc1ccc(C(C)=O)c(OCC2CN(C(=O)/C=C/c3ccc(F)cc3C(F)(F)F)CCO2)c1OC. The van der Waals surface area contributed by atoms with E-state index in [2.05, 4.69) is 0 Å². The van der Waals surface area contributed by atoms with Crippen molar-refractivity contribution in [3.63, 3.8) is 0 Å². The van der Waals surface area contributed by atoms with Crippen LogP contribution in [0.1, 0.15) is 28.4 Å². The number of hydrogen-bond acceptors (Lipinski definition) is 6. The van der Waals surface area contributed by atoms with E-state index in [9.17, 15) is 27.2 Å². The van der Waals surface area contributed by atoms with Crippen molar-refractivity contribution in [2.75, 3.05) is 40.5 Å². The molecule has 0 N–H and O–H groups in total. The van der Waals surface area contributed by atoms with E-state index in [1.54, 1.807) is 12.1 Å². The van der Waals surface area contributed by atoms with Crippen molar-refractivity contribution in [1.82, 2.24) is 4.90 Å². The maximum atomic E-state index is 13.3. The first-order chi connectivity index (χ1) is 17.0. The molecule has 0 aliphatic carbocycles. The van der Waals surface area contributed by atoms with Crippen molar-refractivity contribution in [2.24, 2.45) is 0 Å². The lowest BCUT2D eigenvalue weighted by atomic mass is 10.1. The lowest BCUT2D eigenvalue weighted by Crippen LogP contribution is -2.47. The normalized spacial score (nSPS) is 16.2. The zero-order chi connectivity index (χ0) is 26.5. The van der Waals surface area contributed by atoms with Gasteiger partial charge in [-0.1, -0.05) is 6.07 Å². The minimum atomic E-state index is -4.77. The fourth-order valence-electron chi connectivity index (χ4n) is 3.70. The van der Waals surface area contributed by atoms with Crippen LogP contribution in [-0.2, 0) is 15.7 Å². The molecule has 0 spiro atoms. The molecule has 1 fully saturated rings. The topological polar surface area (TPSA) is 74.3 Å². The minimum Gasteiger partial charge on any atom is -0.493 e. The summed E-state index contributed by atoms with van der Waals surface area (Å²) < 4.78 is 75.0. The molecule has 1 aliphatic heterocycles. The molecule has 0 bridgehead atoms. The van der Waals surface area contributed by atoms with E-state index in [0.717, 1.165) is 24.3 Å². The quantitative estimate of drug-likeness (QED) is 0.298. The maximum absolute atomic E-state index is 13.3. The van der Waals surface area contributed by atoms with Crippen LogP contribution in [0.3, 0.4) is 0 Å². The van der Waals surface area contributed by atoms with Crippen LogP contribution in [0.2, 0.25) is 0 Å². The Labute approximate surface area is 205 Å². The van der Waals surface area contributed by atoms with E-state index in [1.807, 2.05) is 0 Å². The highest BCUT2D eigenvalue weighted by atomic mass is 19.4. The Morgan fingerprint density at radius 2 is 1.89 bits per heavy atom. The number of carbonyl (C=O) groups is 2. The highest BCUT2D eigenvalue weighted by molar-refractivity contribution is 5.98. The number of carbonyl (C=O) groups excluding carboxylic acids is 2. The van der Waals surface area contributed by atoms with Crippen LogP contribution >= 0.6 is 0 Å². The molecular formula is C25H25F4NO6. The average Bonchev–Trinajstić information content (AvgIpc) is 2.85. The minimum absolute atomic E-state index is 0.0342. The van der Waals surface area contributed by atoms with Gasteiger partial charge in [0.05, 0.1) is 38.5 Å². The number of Topliss-reactive ketones (excluding diaryl/α,β-unsaturated/α-hetero) is 1. The fourth-order valence-corrected chi connectivity index (χ4v) is 3.70. The number of hydrogen-bond donors (Lipinski definition) is 0. The molecule has 194 valence electrons. The summed E-state index contributed by atoms with van der Waals surface area (Å²) in [6, 6.07) is 5.37. The monoisotopic (exact) mass is 511 g/mol. The van der Waals surface area contributed by atoms with Crippen LogP contribution in [0.25, 0.3) is 6.08 Å². The number of amides is 1. The third kappa shape index (κ3) is 6.34. The predicted octanol–water partition coefficient (Wildman–Crippen LogP) is 4.38. The molecule has 7 nitrogen and oxygen atoms in total. The fraction of sp³-hybridized carbons (Fsp3) is 0.360. The first kappa shape index (κ1) is 27.0. The number of halogens is 4. The number of nitrogens with zero attached hydrogens (tertiary/aromatic N) is 1. The summed E-state index contributed by atoms with van der Waals surface area (Å²) in [5, 5.41) is 0. The van der Waals surface area contributed by atoms with E-state index < -0.39 is 29.6 Å². The van der Waals surface area contributed by atoms with Gasteiger partial charge in [-0.2, -0.15) is 13.2 Å². The number of alkyl halides is 3. The molecule has 0 radical (unpaired) electrons. The molecule has 11 heteroatoms. The van der Waals surface area contributed by atoms with Crippen LogP contribution in [0.15, 0.2) is 36.4 Å². The molecule has 1 unspecified atom stereocenters. The van der Waals surface area contributed by atoms with E-state index in [4.69, 9.17) is 18.9 Å². The van der Waals surface area contributed by atoms with Crippen molar-refractivity contribution < 1.29 is 46.1 Å². The Hall–Kier alpha value is -3.60. The number of ether oxygens (including phenoxy) is 4. The van der Waals surface area contributed by atoms with Crippen LogP contribution in [0.4, 0.5) is 17.6 Å². The summed E-state index contributed by atoms with van der Waals surface area (Å²) in [4.78, 5) is 26.1. The lowest BCUT2D eigenvalue weighted by molar-refractivity contribution is -0.138. The Morgan fingerprint density at radius 1 is 1.14 bits per heavy atom. The van der Waals surface area contributed by atoms with E-state index >= 15 is 0 Å². The van der Waals surface area contributed by atoms with Crippen molar-refractivity contribution >= 4 is 17.8 Å². The third-order valence-corrected chi connectivity index (χ3v) is 5.47. The molecular weight excluding hydrogens is 486 g/mol. The summed E-state index contributed by atoms with van der Waals surface area (Å²) in [6.07, 6.45) is -3.34. The molecule has 2 aromatic carbocycles. The van der Waals surface area contributed by atoms with Crippen LogP contribution in [0, 0.1) is 5.82 Å². The standard InChI is InChI=1S/C25H25F4NO6/c1-15(31)19-7-8-21(33-2)24(34-3)23(19)36-14-18-13-30(10-11-35-18)22(32)9-5-16-4-6-17(26)12-20(16)25(27,28)29/h4-9,12,18H,10-11,13-14H2,1-3H3/b9-5+. The number of benzene rings is 2. The first-order valence-electron chi connectivity index (χ1n) is 10.9. The maximum Gasteiger partial charge on any atom is 0.417 e. The van der Waals surface area contributed by atoms with E-state index in [-0.39, 0.29) is 54.7 Å². The highest BCUT2D eigenvalue weighted by Gasteiger charge is 2.33. The van der Waals surface area contributed by atoms with Crippen molar-refractivity contribution in [3.05, 3.63) is 58.9 Å². The zero-order valence-electron chi connectivity index (χ0n) is 19.9. The van der Waals surface area contributed by atoms with Crippen LogP contribution < -0.4 is 14.2 Å². The number of rotatable bonds is 8. The van der Waals surface area contributed by atoms with Crippen molar-refractivity contribution in [1.29, 1.82) is 0 Å². The van der Waals surface area contributed by atoms with Crippen molar-refractivity contribution in [2.45, 2.75) is 19.2 Å². The van der Waals surface area contributed by atoms with Gasteiger partial charge in [-0.3, -0.25) is 9.59 Å². The molecule has 0 aromatic heterocycles. The van der Waals surface area contributed by atoms with Gasteiger partial charge in [0.1, 0.15) is 18.5 Å². The second-order valence-corrected chi connectivity index (χ2v) is 7.88. The molecule has 1 heterocycles. The van der Waals surface area contributed by atoms with Gasteiger partial charge in [0.25, 0.3) is 0 Å². The Balaban J connectivity index is 1.71. The Morgan fingerprint density at radius 3 is 2.53 bits per heavy atom. The molecule has 3 rings (SSSR count).